The lowest BCUT2D eigenvalue weighted by Gasteiger charge is -2.40. The number of carbonyl (C=O) groups excluding carboxylic acids is 3. The Kier molecular flexibility index (Phi) is 50.3. The summed E-state index contributed by atoms with van der Waals surface area (Å²) in [4.78, 5) is 51.3. The number of carboxylic acid groups (broad SMARTS) is 1. The van der Waals surface area contributed by atoms with Gasteiger partial charge in [-0.25, -0.2) is 4.79 Å². The van der Waals surface area contributed by atoms with Gasteiger partial charge in [0.05, 0.1) is 6.61 Å². The molecule has 0 aliphatic carbocycles. The van der Waals surface area contributed by atoms with E-state index in [1.54, 1.807) is 0 Å². The molecule has 6 atom stereocenters. The van der Waals surface area contributed by atoms with Gasteiger partial charge in [-0.3, -0.25) is 14.4 Å². The molecule has 3 N–H and O–H groups in total. The van der Waals surface area contributed by atoms with Gasteiger partial charge in [0.15, 0.2) is 24.6 Å². The number of hydrogen-bond donors (Lipinski definition) is 3. The van der Waals surface area contributed by atoms with Crippen LogP contribution < -0.4 is 0 Å². The van der Waals surface area contributed by atoms with Gasteiger partial charge in [-0.05, 0) is 109 Å². The number of aliphatic carboxylic acids is 1. The second-order valence-corrected chi connectivity index (χ2v) is 21.3. The third-order valence-corrected chi connectivity index (χ3v) is 13.9. The largest absolute Gasteiger partial charge is 0.479 e. The lowest BCUT2D eigenvalue weighted by atomic mass is 9.98. The Hall–Kier alpha value is -4.10. The van der Waals surface area contributed by atoms with E-state index in [0.29, 0.717) is 19.3 Å². The summed E-state index contributed by atoms with van der Waals surface area (Å²) in [5.41, 5.74) is 0. The average molecular weight is 1110 g/mol. The summed E-state index contributed by atoms with van der Waals surface area (Å²) in [5.74, 6) is -3.16. The summed E-state index contributed by atoms with van der Waals surface area (Å²) in [7, 11) is 0. The zero-order valence-electron chi connectivity index (χ0n) is 49.8. The summed E-state index contributed by atoms with van der Waals surface area (Å²) >= 11 is 0. The summed E-state index contributed by atoms with van der Waals surface area (Å²) in [6.45, 7) is 5.76. The summed E-state index contributed by atoms with van der Waals surface area (Å²) in [6, 6.07) is 0. The number of aliphatic hydroxyl groups excluding tert-OH is 2. The molecule has 0 aromatic carbocycles. The summed E-state index contributed by atoms with van der Waals surface area (Å²) < 4.78 is 28.5. The predicted molar refractivity (Wildman–Crippen MR) is 321 cm³/mol. The average Bonchev–Trinajstić information content (AvgIpc) is 3.43. The summed E-state index contributed by atoms with van der Waals surface area (Å²) in [6.07, 6.45) is 58.2. The van der Waals surface area contributed by atoms with Crippen LogP contribution >= 0.6 is 0 Å². The molecule has 79 heavy (non-hydrogen) atoms. The zero-order valence-corrected chi connectivity index (χ0v) is 49.8. The Morgan fingerprint density at radius 1 is 0.430 bits per heavy atom. The SMILES string of the molecule is CC/C=C\C/C=C\C/C=C\CCCCCCCCCC(=O)OC1C(OCC(COC(=O)CCCCCCCCC/C=C\CCCCCCCC)OC(=O)CCCCCCC/C=C\C/C=C\C/C=C\CC)OC(C(=O)O)C(O)C1O. The molecular weight excluding hydrogens is 997 g/mol. The molecule has 0 saturated carbocycles. The van der Waals surface area contributed by atoms with Crippen molar-refractivity contribution in [3.8, 4) is 0 Å². The van der Waals surface area contributed by atoms with Gasteiger partial charge in [0.2, 0.25) is 0 Å². The lowest BCUT2D eigenvalue weighted by molar-refractivity contribution is -0.301. The quantitative estimate of drug-likeness (QED) is 0.0228. The minimum atomic E-state index is -1.91. The van der Waals surface area contributed by atoms with Gasteiger partial charge in [-0.15, -0.1) is 0 Å². The Morgan fingerprint density at radius 3 is 1.23 bits per heavy atom. The molecule has 0 bridgehead atoms. The molecule has 6 unspecified atom stereocenters. The van der Waals surface area contributed by atoms with E-state index < -0.39 is 67.3 Å². The van der Waals surface area contributed by atoms with Crippen LogP contribution in [0.3, 0.4) is 0 Å². The Morgan fingerprint density at radius 2 is 0.797 bits per heavy atom. The molecule has 0 amide bonds. The van der Waals surface area contributed by atoms with Crippen molar-refractivity contribution in [1.29, 1.82) is 0 Å². The van der Waals surface area contributed by atoms with Crippen molar-refractivity contribution >= 4 is 23.9 Å². The fourth-order valence-corrected chi connectivity index (χ4v) is 9.16. The minimum Gasteiger partial charge on any atom is -0.479 e. The highest BCUT2D eigenvalue weighted by molar-refractivity contribution is 5.74. The smallest absolute Gasteiger partial charge is 0.335 e. The van der Waals surface area contributed by atoms with E-state index >= 15 is 0 Å². The maximum absolute atomic E-state index is 13.2. The highest BCUT2D eigenvalue weighted by Crippen LogP contribution is 2.26. The van der Waals surface area contributed by atoms with E-state index in [4.69, 9.17) is 23.7 Å². The number of ether oxygens (including phenoxy) is 5. The molecule has 12 nitrogen and oxygen atoms in total. The van der Waals surface area contributed by atoms with Gasteiger partial charge < -0.3 is 39.0 Å². The second-order valence-electron chi connectivity index (χ2n) is 21.3. The molecular formula is C67H112O12. The van der Waals surface area contributed by atoms with Crippen LogP contribution in [0.2, 0.25) is 0 Å². The second kappa shape index (κ2) is 54.5. The number of aliphatic hydroxyl groups is 2. The predicted octanol–water partition coefficient (Wildman–Crippen LogP) is 16.7. The fourth-order valence-electron chi connectivity index (χ4n) is 9.16. The van der Waals surface area contributed by atoms with E-state index in [1.165, 1.54) is 64.2 Å². The van der Waals surface area contributed by atoms with Crippen LogP contribution in [0.15, 0.2) is 85.1 Å². The topological polar surface area (TPSA) is 175 Å². The molecule has 1 aliphatic heterocycles. The van der Waals surface area contributed by atoms with Gasteiger partial charge in [0.1, 0.15) is 18.8 Å². The zero-order chi connectivity index (χ0) is 57.5. The van der Waals surface area contributed by atoms with Crippen molar-refractivity contribution in [2.24, 2.45) is 0 Å². The van der Waals surface area contributed by atoms with Crippen molar-refractivity contribution in [1.82, 2.24) is 0 Å². The number of allylic oxidation sites excluding steroid dienone is 14. The van der Waals surface area contributed by atoms with Crippen LogP contribution in [0, 0.1) is 0 Å². The molecule has 1 heterocycles. The fraction of sp³-hybridized carbons (Fsp3) is 0.731. The maximum Gasteiger partial charge on any atom is 0.335 e. The number of esters is 3. The van der Waals surface area contributed by atoms with E-state index in [9.17, 15) is 34.5 Å². The number of unbranched alkanes of at least 4 members (excludes halogenated alkanes) is 25. The van der Waals surface area contributed by atoms with E-state index in [1.807, 2.05) is 0 Å². The number of rotatable bonds is 53. The summed E-state index contributed by atoms with van der Waals surface area (Å²) in [5, 5.41) is 31.6. The molecule has 0 radical (unpaired) electrons. The van der Waals surface area contributed by atoms with Crippen LogP contribution in [0.5, 0.6) is 0 Å². The van der Waals surface area contributed by atoms with Crippen LogP contribution in [0.25, 0.3) is 0 Å². The first kappa shape index (κ1) is 72.9. The Bertz CT molecular complexity index is 1700. The molecule has 0 aromatic heterocycles. The van der Waals surface area contributed by atoms with Gasteiger partial charge in [-0.2, -0.15) is 0 Å². The molecule has 1 fully saturated rings. The third kappa shape index (κ3) is 44.3. The Labute approximate surface area is 480 Å². The first-order valence-corrected chi connectivity index (χ1v) is 31.6. The van der Waals surface area contributed by atoms with Crippen molar-refractivity contribution in [2.75, 3.05) is 13.2 Å². The van der Waals surface area contributed by atoms with Gasteiger partial charge in [0.25, 0.3) is 0 Å². The van der Waals surface area contributed by atoms with E-state index in [0.717, 1.165) is 141 Å². The molecule has 452 valence electrons. The highest BCUT2D eigenvalue weighted by atomic mass is 16.7. The monoisotopic (exact) mass is 1110 g/mol. The van der Waals surface area contributed by atoms with Crippen LogP contribution in [0.4, 0.5) is 0 Å². The molecule has 1 aliphatic rings. The van der Waals surface area contributed by atoms with Crippen molar-refractivity contribution in [3.05, 3.63) is 85.1 Å². The van der Waals surface area contributed by atoms with Crippen molar-refractivity contribution in [3.63, 3.8) is 0 Å². The maximum atomic E-state index is 13.2. The van der Waals surface area contributed by atoms with Crippen molar-refractivity contribution < 1.29 is 58.2 Å². The normalized spacial score (nSPS) is 18.4. The molecule has 1 rings (SSSR count). The Balaban J connectivity index is 2.68. The highest BCUT2D eigenvalue weighted by Gasteiger charge is 2.50. The van der Waals surface area contributed by atoms with E-state index in [2.05, 4.69) is 106 Å². The standard InChI is InChI=1S/C67H112O12/c1-4-7-10-13-16-19-22-25-28-30-33-35-38-41-44-47-50-53-59(68)75-56-58(77-60(69)54-51-48-45-42-39-36-32-27-24-21-18-15-12-9-6-3)57-76-67-65(63(72)62(71)64(79-67)66(73)74)78-61(70)55-52-49-46-43-40-37-34-31-29-26-23-20-17-14-11-8-5-2/h8-9,11-12,17-18,20-21,25-29,32,58,62-65,67,71-72H,4-7,10,13-16,19,22-24,30-31,33-57H2,1-3H3,(H,73,74)/b11-8-,12-9-,20-17-,21-18-,28-25-,29-26-,32-27-. The lowest BCUT2D eigenvalue weighted by Crippen LogP contribution is -2.61. The van der Waals surface area contributed by atoms with Gasteiger partial charge in [0, 0.05) is 19.3 Å². The molecule has 1 saturated heterocycles. The minimum absolute atomic E-state index is 0.0441. The van der Waals surface area contributed by atoms with Crippen LogP contribution in [0.1, 0.15) is 265 Å². The number of hydrogen-bond acceptors (Lipinski definition) is 11. The number of carboxylic acids is 1. The first-order valence-electron chi connectivity index (χ1n) is 31.6. The molecule has 0 aromatic rings. The van der Waals surface area contributed by atoms with E-state index in [-0.39, 0.29) is 25.9 Å². The molecule has 0 spiro atoms. The van der Waals surface area contributed by atoms with Crippen LogP contribution in [-0.2, 0) is 42.9 Å². The third-order valence-electron chi connectivity index (χ3n) is 13.9. The van der Waals surface area contributed by atoms with Gasteiger partial charge >= 0.3 is 23.9 Å². The van der Waals surface area contributed by atoms with Gasteiger partial charge in [-0.1, -0.05) is 221 Å². The van der Waals surface area contributed by atoms with Crippen molar-refractivity contribution in [2.45, 2.75) is 302 Å². The first-order chi connectivity index (χ1) is 38.6. The molecule has 12 heteroatoms. The van der Waals surface area contributed by atoms with Crippen LogP contribution in [-0.4, -0.2) is 89.2 Å². The number of carbonyl (C=O) groups is 4.